The van der Waals surface area contributed by atoms with E-state index >= 15 is 0 Å². The maximum Gasteiger partial charge on any atom is 0.220 e. The molecule has 0 bridgehead atoms. The summed E-state index contributed by atoms with van der Waals surface area (Å²) in [5.74, 6) is 0.188. The molecule has 0 aliphatic carbocycles. The Labute approximate surface area is 168 Å². The molecule has 154 valence electrons. The molecule has 1 aromatic rings. The highest BCUT2D eigenvalue weighted by molar-refractivity contribution is 5.75. The molecule has 1 amide bonds. The number of benzene rings is 1. The van der Waals surface area contributed by atoms with Crippen LogP contribution in [-0.2, 0) is 11.3 Å². The van der Waals surface area contributed by atoms with Gasteiger partial charge in [-0.2, -0.15) is 0 Å². The number of amides is 1. The molecule has 2 nitrogen and oxygen atoms in total. The molecule has 1 N–H and O–H groups in total. The van der Waals surface area contributed by atoms with Crippen LogP contribution in [0, 0.1) is 0 Å². The fourth-order valence-electron chi connectivity index (χ4n) is 3.54. The van der Waals surface area contributed by atoms with Crippen LogP contribution in [-0.4, -0.2) is 5.91 Å². The molecule has 2 heteroatoms. The van der Waals surface area contributed by atoms with Crippen molar-refractivity contribution in [2.24, 2.45) is 0 Å². The van der Waals surface area contributed by atoms with Crippen molar-refractivity contribution in [1.82, 2.24) is 5.32 Å². The van der Waals surface area contributed by atoms with Crippen molar-refractivity contribution in [2.75, 3.05) is 0 Å². The first-order valence-corrected chi connectivity index (χ1v) is 11.6. The van der Waals surface area contributed by atoms with Crippen molar-refractivity contribution >= 4 is 5.91 Å². The number of carbonyl (C=O) groups excluding carboxylic acids is 1. The van der Waals surface area contributed by atoms with Crippen molar-refractivity contribution in [1.29, 1.82) is 0 Å². The van der Waals surface area contributed by atoms with Gasteiger partial charge in [-0.05, 0) is 12.0 Å². The van der Waals surface area contributed by atoms with Crippen LogP contribution in [0.4, 0.5) is 0 Å². The number of hydrogen-bond acceptors (Lipinski definition) is 1. The summed E-state index contributed by atoms with van der Waals surface area (Å²) in [6.07, 6.45) is 21.1. The minimum absolute atomic E-state index is 0.188. The minimum atomic E-state index is 0.188. The molecule has 0 unspecified atom stereocenters. The predicted molar refractivity (Wildman–Crippen MR) is 118 cm³/mol. The third-order valence-electron chi connectivity index (χ3n) is 5.34. The lowest BCUT2D eigenvalue weighted by Crippen LogP contribution is -2.22. The number of carbonyl (C=O) groups is 1. The Kier molecular flexibility index (Phi) is 15.9. The number of rotatable bonds is 18. The lowest BCUT2D eigenvalue weighted by Gasteiger charge is -2.05. The van der Waals surface area contributed by atoms with Crippen LogP contribution in [0.2, 0.25) is 0 Å². The van der Waals surface area contributed by atoms with Crippen molar-refractivity contribution in [3.63, 3.8) is 0 Å². The van der Waals surface area contributed by atoms with Crippen LogP contribution < -0.4 is 5.32 Å². The van der Waals surface area contributed by atoms with Gasteiger partial charge in [0.25, 0.3) is 0 Å². The van der Waals surface area contributed by atoms with Crippen LogP contribution in [0.3, 0.4) is 0 Å². The maximum absolute atomic E-state index is 11.8. The van der Waals surface area contributed by atoms with Gasteiger partial charge in [-0.3, -0.25) is 4.79 Å². The van der Waals surface area contributed by atoms with Crippen LogP contribution in [0.15, 0.2) is 30.3 Å². The monoisotopic (exact) mass is 373 g/mol. The topological polar surface area (TPSA) is 29.1 Å². The van der Waals surface area contributed by atoms with E-state index in [1.165, 1.54) is 95.5 Å². The Bertz CT molecular complexity index is 443. The highest BCUT2D eigenvalue weighted by Gasteiger charge is 2.01. The Morgan fingerprint density at radius 3 is 1.59 bits per heavy atom. The molecule has 0 radical (unpaired) electrons. The van der Waals surface area contributed by atoms with Crippen molar-refractivity contribution in [3.05, 3.63) is 35.9 Å². The van der Waals surface area contributed by atoms with Gasteiger partial charge in [0.2, 0.25) is 5.91 Å². The Balaban J connectivity index is 1.77. The molecule has 1 rings (SSSR count). The molecular weight excluding hydrogens is 330 g/mol. The van der Waals surface area contributed by atoms with E-state index in [1.54, 1.807) is 0 Å². The maximum atomic E-state index is 11.8. The SMILES string of the molecule is CCCCCCCCCCCCCCCCCC(=O)NCc1ccccc1. The van der Waals surface area contributed by atoms with E-state index in [2.05, 4.69) is 12.2 Å². The van der Waals surface area contributed by atoms with Gasteiger partial charge in [0, 0.05) is 13.0 Å². The first-order chi connectivity index (χ1) is 13.3. The summed E-state index contributed by atoms with van der Waals surface area (Å²) in [6, 6.07) is 10.1. The van der Waals surface area contributed by atoms with E-state index in [0.29, 0.717) is 13.0 Å². The van der Waals surface area contributed by atoms with Gasteiger partial charge in [0.1, 0.15) is 0 Å². The first kappa shape index (κ1) is 23.7. The summed E-state index contributed by atoms with van der Waals surface area (Å²) in [5, 5.41) is 3.01. The number of nitrogens with one attached hydrogen (secondary N) is 1. The second kappa shape index (κ2) is 18.1. The summed E-state index contributed by atoms with van der Waals surface area (Å²) < 4.78 is 0. The molecule has 0 saturated heterocycles. The second-order valence-corrected chi connectivity index (χ2v) is 7.96. The lowest BCUT2D eigenvalue weighted by atomic mass is 10.0. The van der Waals surface area contributed by atoms with Crippen molar-refractivity contribution in [2.45, 2.75) is 116 Å². The summed E-state index contributed by atoms with van der Waals surface area (Å²) >= 11 is 0. The van der Waals surface area contributed by atoms with Gasteiger partial charge in [0.05, 0.1) is 0 Å². The third kappa shape index (κ3) is 15.4. The van der Waals surface area contributed by atoms with Crippen molar-refractivity contribution in [3.8, 4) is 0 Å². The third-order valence-corrected chi connectivity index (χ3v) is 5.34. The Morgan fingerprint density at radius 2 is 1.11 bits per heavy atom. The van der Waals surface area contributed by atoms with Gasteiger partial charge in [-0.25, -0.2) is 0 Å². The van der Waals surface area contributed by atoms with E-state index in [4.69, 9.17) is 0 Å². The average molecular weight is 374 g/mol. The predicted octanol–water partition coefficient (Wildman–Crippen LogP) is 7.56. The van der Waals surface area contributed by atoms with Gasteiger partial charge < -0.3 is 5.32 Å². The summed E-state index contributed by atoms with van der Waals surface area (Å²) in [7, 11) is 0. The zero-order valence-electron chi connectivity index (χ0n) is 17.8. The fourth-order valence-corrected chi connectivity index (χ4v) is 3.54. The normalized spacial score (nSPS) is 10.9. The highest BCUT2D eigenvalue weighted by atomic mass is 16.1. The van der Waals surface area contributed by atoms with Crippen LogP contribution >= 0.6 is 0 Å². The number of hydrogen-bond donors (Lipinski definition) is 1. The molecule has 0 heterocycles. The van der Waals surface area contributed by atoms with Gasteiger partial charge in [-0.1, -0.05) is 127 Å². The lowest BCUT2D eigenvalue weighted by molar-refractivity contribution is -0.121. The molecule has 0 spiro atoms. The Morgan fingerprint density at radius 1 is 0.667 bits per heavy atom. The number of unbranched alkanes of at least 4 members (excludes halogenated alkanes) is 14. The average Bonchev–Trinajstić information content (AvgIpc) is 2.70. The standard InChI is InChI=1S/C25H43NO/c1-2-3-4-5-6-7-8-9-10-11-12-13-14-15-19-22-25(27)26-23-24-20-17-16-18-21-24/h16-18,20-21H,2-15,19,22-23H2,1H3,(H,26,27). The molecule has 0 aliphatic rings. The molecule has 0 saturated carbocycles. The molecule has 0 fully saturated rings. The van der Waals surface area contributed by atoms with Crippen LogP contribution in [0.25, 0.3) is 0 Å². The van der Waals surface area contributed by atoms with E-state index in [1.807, 2.05) is 30.3 Å². The summed E-state index contributed by atoms with van der Waals surface area (Å²) in [4.78, 5) is 11.8. The zero-order valence-corrected chi connectivity index (χ0v) is 17.8. The molecule has 0 atom stereocenters. The minimum Gasteiger partial charge on any atom is -0.352 e. The first-order valence-electron chi connectivity index (χ1n) is 11.6. The quantitative estimate of drug-likeness (QED) is 0.264. The van der Waals surface area contributed by atoms with Crippen molar-refractivity contribution < 1.29 is 4.79 Å². The molecular formula is C25H43NO. The largest absolute Gasteiger partial charge is 0.352 e. The van der Waals surface area contributed by atoms with Crippen LogP contribution in [0.5, 0.6) is 0 Å². The second-order valence-electron chi connectivity index (χ2n) is 7.96. The molecule has 27 heavy (non-hydrogen) atoms. The van der Waals surface area contributed by atoms with Gasteiger partial charge >= 0.3 is 0 Å². The Hall–Kier alpha value is -1.31. The van der Waals surface area contributed by atoms with E-state index in [0.717, 1.165) is 6.42 Å². The molecule has 0 aliphatic heterocycles. The smallest absolute Gasteiger partial charge is 0.220 e. The van der Waals surface area contributed by atoms with Crippen LogP contribution in [0.1, 0.15) is 115 Å². The van der Waals surface area contributed by atoms with E-state index < -0.39 is 0 Å². The zero-order chi connectivity index (χ0) is 19.4. The van der Waals surface area contributed by atoms with E-state index in [-0.39, 0.29) is 5.91 Å². The molecule has 1 aromatic carbocycles. The summed E-state index contributed by atoms with van der Waals surface area (Å²) in [5.41, 5.74) is 1.17. The van der Waals surface area contributed by atoms with Gasteiger partial charge in [0.15, 0.2) is 0 Å². The van der Waals surface area contributed by atoms with Gasteiger partial charge in [-0.15, -0.1) is 0 Å². The van der Waals surface area contributed by atoms with E-state index in [9.17, 15) is 4.79 Å². The highest BCUT2D eigenvalue weighted by Crippen LogP contribution is 2.13. The summed E-state index contributed by atoms with van der Waals surface area (Å²) in [6.45, 7) is 2.93. The fraction of sp³-hybridized carbons (Fsp3) is 0.720. The molecule has 0 aromatic heterocycles.